The van der Waals surface area contributed by atoms with E-state index in [2.05, 4.69) is 15.5 Å². The Morgan fingerprint density at radius 2 is 2.17 bits per heavy atom. The van der Waals surface area contributed by atoms with Crippen molar-refractivity contribution in [2.45, 2.75) is 17.3 Å². The van der Waals surface area contributed by atoms with E-state index in [1.54, 1.807) is 24.3 Å². The molecule has 11 heteroatoms. The summed E-state index contributed by atoms with van der Waals surface area (Å²) >= 11 is 2.85. The molecular formula is C18H18N4O5S2. The van der Waals surface area contributed by atoms with Crippen molar-refractivity contribution in [2.75, 3.05) is 24.7 Å². The van der Waals surface area contributed by atoms with Gasteiger partial charge in [0, 0.05) is 11.4 Å². The largest absolute Gasteiger partial charge is 0.478 e. The topological polar surface area (TPSA) is 122 Å². The van der Waals surface area contributed by atoms with Crippen LogP contribution in [-0.4, -0.2) is 63.5 Å². The zero-order valence-corrected chi connectivity index (χ0v) is 17.2. The number of likely N-dealkylation sites (tertiary alicyclic amines) is 1. The summed E-state index contributed by atoms with van der Waals surface area (Å²) in [7, 11) is 1.25. The molecular weight excluding hydrogens is 416 g/mol. The van der Waals surface area contributed by atoms with Crippen LogP contribution in [0.15, 0.2) is 40.4 Å². The lowest BCUT2D eigenvalue weighted by Crippen LogP contribution is -2.60. The second-order valence-corrected chi connectivity index (χ2v) is 8.42. The van der Waals surface area contributed by atoms with Crippen molar-refractivity contribution in [3.63, 3.8) is 0 Å². The standard InChI is InChI=1S/C18H18N4O5S2/c1-10-20-21-18(29-10)28-8-7-14(17(26)27-2)22-9-13(15(22)23)19-12-6-4-3-5-11(12)16(24)25/h3-7,13,19H,8-9H2,1-2H3,(H,24,25). The maximum atomic E-state index is 12.6. The molecule has 2 heterocycles. The summed E-state index contributed by atoms with van der Waals surface area (Å²) in [5, 5.41) is 21.0. The molecule has 1 aromatic carbocycles. The number of hydrogen-bond donors (Lipinski definition) is 2. The van der Waals surface area contributed by atoms with Gasteiger partial charge in [0.1, 0.15) is 16.7 Å². The molecule has 2 N–H and O–H groups in total. The number of aryl methyl sites for hydroxylation is 1. The van der Waals surface area contributed by atoms with Gasteiger partial charge in [-0.2, -0.15) is 0 Å². The minimum atomic E-state index is -1.09. The highest BCUT2D eigenvalue weighted by Gasteiger charge is 2.41. The first kappa shape index (κ1) is 20.8. The van der Waals surface area contributed by atoms with Crippen LogP contribution in [0, 0.1) is 6.92 Å². The van der Waals surface area contributed by atoms with E-state index in [1.807, 2.05) is 6.92 Å². The van der Waals surface area contributed by atoms with E-state index in [1.165, 1.54) is 41.2 Å². The van der Waals surface area contributed by atoms with Gasteiger partial charge in [-0.1, -0.05) is 35.2 Å². The van der Waals surface area contributed by atoms with Crippen LogP contribution in [0.25, 0.3) is 0 Å². The second-order valence-electron chi connectivity index (χ2n) is 5.98. The number of carbonyl (C=O) groups is 3. The van der Waals surface area contributed by atoms with Gasteiger partial charge in [0.15, 0.2) is 4.34 Å². The smallest absolute Gasteiger partial charge is 0.354 e. The monoisotopic (exact) mass is 434 g/mol. The maximum absolute atomic E-state index is 12.6. The van der Waals surface area contributed by atoms with Crippen LogP contribution in [0.5, 0.6) is 0 Å². The Hall–Kier alpha value is -2.92. The van der Waals surface area contributed by atoms with Gasteiger partial charge in [-0.15, -0.1) is 10.2 Å². The van der Waals surface area contributed by atoms with Crippen molar-refractivity contribution >= 4 is 46.6 Å². The lowest BCUT2D eigenvalue weighted by atomic mass is 10.0. The van der Waals surface area contributed by atoms with Gasteiger partial charge < -0.3 is 20.1 Å². The number of aromatic carboxylic acids is 1. The number of aromatic nitrogens is 2. The number of β-lactam (4-membered cyclic amide) rings is 1. The summed E-state index contributed by atoms with van der Waals surface area (Å²) in [5.74, 6) is -1.62. The molecule has 1 saturated heterocycles. The quantitative estimate of drug-likeness (QED) is 0.278. The summed E-state index contributed by atoms with van der Waals surface area (Å²) in [6, 6.07) is 5.72. The average Bonchev–Trinajstić information content (AvgIpc) is 3.13. The molecule has 1 aliphatic heterocycles. The Morgan fingerprint density at radius 1 is 1.41 bits per heavy atom. The van der Waals surface area contributed by atoms with Gasteiger partial charge in [0.05, 0.1) is 19.2 Å². The fourth-order valence-corrected chi connectivity index (χ4v) is 4.37. The number of esters is 1. The summed E-state index contributed by atoms with van der Waals surface area (Å²) < 4.78 is 5.56. The van der Waals surface area contributed by atoms with Gasteiger partial charge in [0.2, 0.25) is 0 Å². The molecule has 0 spiro atoms. The molecule has 0 saturated carbocycles. The van der Waals surface area contributed by atoms with Crippen molar-refractivity contribution in [2.24, 2.45) is 0 Å². The van der Waals surface area contributed by atoms with Gasteiger partial charge in [-0.3, -0.25) is 4.79 Å². The molecule has 1 fully saturated rings. The van der Waals surface area contributed by atoms with Crippen LogP contribution >= 0.6 is 23.1 Å². The number of hydrogen-bond acceptors (Lipinski definition) is 9. The third-order valence-corrected chi connectivity index (χ3v) is 5.99. The van der Waals surface area contributed by atoms with Crippen molar-refractivity contribution in [1.29, 1.82) is 0 Å². The van der Waals surface area contributed by atoms with Gasteiger partial charge in [0.25, 0.3) is 5.91 Å². The Bertz CT molecular complexity index is 975. The first-order valence-electron chi connectivity index (χ1n) is 8.52. The first-order valence-corrected chi connectivity index (χ1v) is 10.3. The normalized spacial score (nSPS) is 16.3. The molecule has 29 heavy (non-hydrogen) atoms. The SMILES string of the molecule is COC(=O)C(=CCSc1nnc(C)s1)N1CC(Nc2ccccc2C(=O)O)C1=O. The predicted octanol–water partition coefficient (Wildman–Crippen LogP) is 2.02. The summed E-state index contributed by atoms with van der Waals surface area (Å²) in [6.07, 6.45) is 1.62. The molecule has 1 atom stereocenters. The highest BCUT2D eigenvalue weighted by Crippen LogP contribution is 2.26. The lowest BCUT2D eigenvalue weighted by molar-refractivity contribution is -0.147. The number of nitrogens with zero attached hydrogens (tertiary/aromatic N) is 3. The van der Waals surface area contributed by atoms with E-state index in [4.69, 9.17) is 4.74 Å². The number of para-hydroxylation sites is 1. The number of carboxylic acid groups (broad SMARTS) is 1. The fourth-order valence-electron chi connectivity index (χ4n) is 2.67. The molecule has 3 rings (SSSR count). The number of carboxylic acids is 1. The predicted molar refractivity (Wildman–Crippen MR) is 108 cm³/mol. The van der Waals surface area contributed by atoms with E-state index in [9.17, 15) is 19.5 Å². The number of rotatable bonds is 8. The first-order chi connectivity index (χ1) is 13.9. The third kappa shape index (κ3) is 4.74. The number of nitrogens with one attached hydrogen (secondary N) is 1. The van der Waals surface area contributed by atoms with E-state index < -0.39 is 18.0 Å². The van der Waals surface area contributed by atoms with Crippen LogP contribution in [0.3, 0.4) is 0 Å². The number of carbonyl (C=O) groups excluding carboxylic acids is 2. The minimum absolute atomic E-state index is 0.0752. The minimum Gasteiger partial charge on any atom is -0.478 e. The van der Waals surface area contributed by atoms with Gasteiger partial charge >= 0.3 is 11.9 Å². The Kier molecular flexibility index (Phi) is 6.49. The fraction of sp³-hybridized carbons (Fsp3) is 0.278. The Labute approximate surface area is 174 Å². The number of thioether (sulfide) groups is 1. The van der Waals surface area contributed by atoms with E-state index in [0.29, 0.717) is 11.4 Å². The number of ether oxygens (including phenoxy) is 1. The van der Waals surface area contributed by atoms with Crippen LogP contribution in [0.2, 0.25) is 0 Å². The molecule has 2 aromatic rings. The van der Waals surface area contributed by atoms with Crippen LogP contribution in [0.1, 0.15) is 15.4 Å². The van der Waals surface area contributed by atoms with E-state index in [-0.39, 0.29) is 23.7 Å². The van der Waals surface area contributed by atoms with Crippen LogP contribution in [0.4, 0.5) is 5.69 Å². The molecule has 152 valence electrons. The molecule has 9 nitrogen and oxygen atoms in total. The molecule has 0 bridgehead atoms. The lowest BCUT2D eigenvalue weighted by Gasteiger charge is -2.39. The van der Waals surface area contributed by atoms with Crippen molar-refractivity contribution in [3.8, 4) is 0 Å². The third-order valence-electron chi connectivity index (χ3n) is 4.09. The van der Waals surface area contributed by atoms with Crippen molar-refractivity contribution in [3.05, 3.63) is 46.6 Å². The van der Waals surface area contributed by atoms with Crippen LogP contribution in [-0.2, 0) is 14.3 Å². The second kappa shape index (κ2) is 9.05. The molecule has 1 aromatic heterocycles. The van der Waals surface area contributed by atoms with Crippen molar-refractivity contribution < 1.29 is 24.2 Å². The number of methoxy groups -OCH3 is 1. The van der Waals surface area contributed by atoms with Gasteiger partial charge in [-0.05, 0) is 25.1 Å². The molecule has 1 amide bonds. The molecule has 1 aliphatic rings. The highest BCUT2D eigenvalue weighted by molar-refractivity contribution is 8.01. The van der Waals surface area contributed by atoms with Gasteiger partial charge in [-0.25, -0.2) is 9.59 Å². The molecule has 0 radical (unpaired) electrons. The maximum Gasteiger partial charge on any atom is 0.354 e. The number of anilines is 1. The zero-order chi connectivity index (χ0) is 21.0. The Balaban J connectivity index is 1.67. The van der Waals surface area contributed by atoms with Crippen LogP contribution < -0.4 is 5.32 Å². The molecule has 0 aliphatic carbocycles. The number of benzene rings is 1. The number of amides is 1. The summed E-state index contributed by atoms with van der Waals surface area (Å²) in [6.45, 7) is 2.07. The summed E-state index contributed by atoms with van der Waals surface area (Å²) in [5.41, 5.74) is 0.575. The zero-order valence-electron chi connectivity index (χ0n) is 15.6. The van der Waals surface area contributed by atoms with Crippen molar-refractivity contribution in [1.82, 2.24) is 15.1 Å². The van der Waals surface area contributed by atoms with E-state index in [0.717, 1.165) is 9.35 Å². The summed E-state index contributed by atoms with van der Waals surface area (Å²) in [4.78, 5) is 37.3. The van der Waals surface area contributed by atoms with E-state index >= 15 is 0 Å². The average molecular weight is 434 g/mol. The Morgan fingerprint density at radius 3 is 2.79 bits per heavy atom. The highest BCUT2D eigenvalue weighted by atomic mass is 32.2. The molecule has 1 unspecified atom stereocenters.